The molecule has 2 N–H and O–H groups in total. The molecule has 0 fully saturated rings. The number of nitrogens with one attached hydrogen (secondary N) is 2. The van der Waals surface area contributed by atoms with Gasteiger partial charge in [-0.2, -0.15) is 5.10 Å². The van der Waals surface area contributed by atoms with Crippen molar-refractivity contribution < 1.29 is 18.4 Å². The second kappa shape index (κ2) is 8.26. The van der Waals surface area contributed by atoms with Gasteiger partial charge in [0.2, 0.25) is 0 Å². The number of hydrogen-bond acceptors (Lipinski definition) is 3. The maximum atomic E-state index is 12.8. The molecular weight excluding hydrogens is 377 g/mol. The zero-order chi connectivity index (χ0) is 18.6. The molecule has 0 aliphatic heterocycles. The van der Waals surface area contributed by atoms with E-state index in [4.69, 9.17) is 23.2 Å². The lowest BCUT2D eigenvalue weighted by atomic mass is 10.2. The van der Waals surface area contributed by atoms with Crippen LogP contribution >= 0.6 is 23.2 Å². The van der Waals surface area contributed by atoms with Gasteiger partial charge in [0.15, 0.2) is 0 Å². The first-order valence-electron chi connectivity index (χ1n) is 7.13. The average Bonchev–Trinajstić information content (AvgIpc) is 2.96. The van der Waals surface area contributed by atoms with Crippen molar-refractivity contribution in [3.63, 3.8) is 0 Å². The summed E-state index contributed by atoms with van der Waals surface area (Å²) in [6, 6.07) is 4.64. The molecule has 0 unspecified atom stereocenters. The Balaban J connectivity index is 1.88. The lowest BCUT2D eigenvalue weighted by molar-refractivity contribution is 0.0920. The largest absolute Gasteiger partial charge is 0.350 e. The fourth-order valence-electron chi connectivity index (χ4n) is 2.06. The number of carbonyl (C=O) groups is 2. The van der Waals surface area contributed by atoms with Crippen LogP contribution < -0.4 is 10.6 Å². The summed E-state index contributed by atoms with van der Waals surface area (Å²) in [6.45, 7) is 0.123. The van der Waals surface area contributed by atoms with Crippen LogP contribution in [0, 0.1) is 0 Å². The Morgan fingerprint density at radius 1 is 1.16 bits per heavy atom. The van der Waals surface area contributed by atoms with E-state index in [-0.39, 0.29) is 34.3 Å². The molecule has 2 rings (SSSR count). The summed E-state index contributed by atoms with van der Waals surface area (Å²) >= 11 is 11.8. The second-order valence-electron chi connectivity index (χ2n) is 5.02. The second-order valence-corrected chi connectivity index (χ2v) is 5.80. The van der Waals surface area contributed by atoms with Crippen molar-refractivity contribution in [1.82, 2.24) is 20.4 Å². The number of rotatable bonds is 6. The van der Waals surface area contributed by atoms with Gasteiger partial charge < -0.3 is 10.6 Å². The molecule has 0 atom stereocenters. The molecule has 0 saturated heterocycles. The van der Waals surface area contributed by atoms with Crippen molar-refractivity contribution in [2.45, 2.75) is 6.43 Å². The minimum Gasteiger partial charge on any atom is -0.350 e. The van der Waals surface area contributed by atoms with Gasteiger partial charge in [-0.15, -0.1) is 0 Å². The number of halogens is 4. The summed E-state index contributed by atoms with van der Waals surface area (Å²) in [7, 11) is 1.44. The molecule has 6 nitrogen and oxygen atoms in total. The van der Waals surface area contributed by atoms with Crippen molar-refractivity contribution in [2.24, 2.45) is 7.05 Å². The third-order valence-electron chi connectivity index (χ3n) is 3.20. The number of aryl methyl sites for hydroxylation is 1. The number of nitrogens with zero attached hydrogens (tertiary/aromatic N) is 2. The van der Waals surface area contributed by atoms with Gasteiger partial charge in [-0.3, -0.25) is 14.3 Å². The molecule has 1 heterocycles. The minimum atomic E-state index is -2.85. The van der Waals surface area contributed by atoms with E-state index in [9.17, 15) is 18.4 Å². The van der Waals surface area contributed by atoms with Gasteiger partial charge in [-0.1, -0.05) is 29.3 Å². The van der Waals surface area contributed by atoms with Gasteiger partial charge in [0.25, 0.3) is 18.2 Å². The molecule has 0 radical (unpaired) electrons. The number of benzene rings is 1. The zero-order valence-electron chi connectivity index (χ0n) is 13.0. The Hall–Kier alpha value is -2.19. The Morgan fingerprint density at radius 3 is 2.36 bits per heavy atom. The van der Waals surface area contributed by atoms with Crippen LogP contribution in [0.25, 0.3) is 0 Å². The van der Waals surface area contributed by atoms with E-state index >= 15 is 0 Å². The Kier molecular flexibility index (Phi) is 6.33. The average molecular weight is 391 g/mol. The summed E-state index contributed by atoms with van der Waals surface area (Å²) in [5.41, 5.74) is -0.593. The van der Waals surface area contributed by atoms with Gasteiger partial charge in [0.1, 0.15) is 5.69 Å². The first-order valence-corrected chi connectivity index (χ1v) is 7.89. The van der Waals surface area contributed by atoms with E-state index in [0.29, 0.717) is 0 Å². The Morgan fingerprint density at radius 2 is 1.76 bits per heavy atom. The van der Waals surface area contributed by atoms with Crippen LogP contribution in [0.5, 0.6) is 0 Å². The van der Waals surface area contributed by atoms with E-state index in [0.717, 1.165) is 4.68 Å². The van der Waals surface area contributed by atoms with E-state index in [1.807, 2.05) is 0 Å². The highest BCUT2D eigenvalue weighted by molar-refractivity contribution is 6.43. The first-order chi connectivity index (χ1) is 11.8. The molecule has 1 aromatic carbocycles. The van der Waals surface area contributed by atoms with E-state index in [1.165, 1.54) is 19.3 Å². The lowest BCUT2D eigenvalue weighted by Crippen LogP contribution is -2.35. The molecular formula is C15H14Cl2F2N4O2. The predicted molar refractivity (Wildman–Crippen MR) is 89.3 cm³/mol. The lowest BCUT2D eigenvalue weighted by Gasteiger charge is -2.08. The molecule has 2 aromatic rings. The summed E-state index contributed by atoms with van der Waals surface area (Å²) in [5, 5.41) is 8.92. The molecule has 0 spiro atoms. The summed E-state index contributed by atoms with van der Waals surface area (Å²) < 4.78 is 26.8. The fraction of sp³-hybridized carbons (Fsp3) is 0.267. The summed E-state index contributed by atoms with van der Waals surface area (Å²) in [6.07, 6.45) is -1.65. The predicted octanol–water partition coefficient (Wildman–Crippen LogP) is 2.82. The van der Waals surface area contributed by atoms with Crippen molar-refractivity contribution in [1.29, 1.82) is 0 Å². The summed E-state index contributed by atoms with van der Waals surface area (Å²) in [4.78, 5) is 23.9. The molecule has 0 saturated carbocycles. The summed E-state index contributed by atoms with van der Waals surface area (Å²) in [5.74, 6) is -1.16. The normalized spacial score (nSPS) is 10.8. The third-order valence-corrected chi connectivity index (χ3v) is 4.02. The van der Waals surface area contributed by atoms with Crippen LogP contribution in [-0.2, 0) is 7.05 Å². The van der Waals surface area contributed by atoms with E-state index in [2.05, 4.69) is 15.7 Å². The number of carbonyl (C=O) groups excluding carboxylic acids is 2. The molecule has 0 aliphatic carbocycles. The van der Waals surface area contributed by atoms with E-state index in [1.54, 1.807) is 12.1 Å². The molecule has 10 heteroatoms. The van der Waals surface area contributed by atoms with Crippen molar-refractivity contribution in [3.05, 3.63) is 51.3 Å². The first kappa shape index (κ1) is 19.1. The SMILES string of the molecule is Cn1cc(C(=O)NCCNC(=O)c2cccc(Cl)c2Cl)c(C(F)F)n1. The van der Waals surface area contributed by atoms with Gasteiger partial charge in [-0.05, 0) is 12.1 Å². The van der Waals surface area contributed by atoms with Crippen molar-refractivity contribution in [2.75, 3.05) is 13.1 Å². The van der Waals surface area contributed by atoms with E-state index < -0.39 is 23.9 Å². The number of aromatic nitrogens is 2. The highest BCUT2D eigenvalue weighted by Gasteiger charge is 2.22. The number of hydrogen-bond donors (Lipinski definition) is 2. The van der Waals surface area contributed by atoms with Crippen LogP contribution in [0.15, 0.2) is 24.4 Å². The Labute approximate surface area is 152 Å². The third kappa shape index (κ3) is 4.67. The molecule has 25 heavy (non-hydrogen) atoms. The zero-order valence-corrected chi connectivity index (χ0v) is 14.5. The quantitative estimate of drug-likeness (QED) is 0.744. The van der Waals surface area contributed by atoms with Gasteiger partial charge in [0, 0.05) is 26.3 Å². The maximum Gasteiger partial charge on any atom is 0.282 e. The van der Waals surface area contributed by atoms with Crippen LogP contribution in [0.2, 0.25) is 10.0 Å². The van der Waals surface area contributed by atoms with Crippen molar-refractivity contribution in [3.8, 4) is 0 Å². The number of amides is 2. The van der Waals surface area contributed by atoms with Crippen LogP contribution in [0.4, 0.5) is 8.78 Å². The van der Waals surface area contributed by atoms with Crippen LogP contribution in [-0.4, -0.2) is 34.7 Å². The molecule has 134 valence electrons. The van der Waals surface area contributed by atoms with Gasteiger partial charge >= 0.3 is 0 Å². The standard InChI is InChI=1S/C15H14Cl2F2N4O2/c1-23-7-9(12(22-23)13(18)19)15(25)21-6-5-20-14(24)8-3-2-4-10(16)11(8)17/h2-4,7,13H,5-6H2,1H3,(H,20,24)(H,21,25). The monoisotopic (exact) mass is 390 g/mol. The topological polar surface area (TPSA) is 76.0 Å². The smallest absolute Gasteiger partial charge is 0.282 e. The van der Waals surface area contributed by atoms with Crippen LogP contribution in [0.1, 0.15) is 32.8 Å². The van der Waals surface area contributed by atoms with Crippen molar-refractivity contribution >= 4 is 35.0 Å². The molecule has 0 aliphatic rings. The minimum absolute atomic E-state index is 0.0420. The maximum absolute atomic E-state index is 12.8. The van der Waals surface area contributed by atoms with Crippen LogP contribution in [0.3, 0.4) is 0 Å². The molecule has 2 amide bonds. The van der Waals surface area contributed by atoms with Gasteiger partial charge in [0.05, 0.1) is 21.2 Å². The number of alkyl halides is 2. The molecule has 0 bridgehead atoms. The Bertz CT molecular complexity index is 796. The highest BCUT2D eigenvalue weighted by atomic mass is 35.5. The fourth-order valence-corrected chi connectivity index (χ4v) is 2.45. The molecule has 1 aromatic heterocycles. The highest BCUT2D eigenvalue weighted by Crippen LogP contribution is 2.25. The van der Waals surface area contributed by atoms with Gasteiger partial charge in [-0.25, -0.2) is 8.78 Å².